The third kappa shape index (κ3) is 13.5. The van der Waals surface area contributed by atoms with Gasteiger partial charge in [-0.1, -0.05) is 0 Å². The normalized spacial score (nSPS) is 24.6. The van der Waals surface area contributed by atoms with E-state index in [9.17, 15) is 33.9 Å². The zero-order valence-electron chi connectivity index (χ0n) is 34.4. The number of β-amino-alcohol motifs (C(OH)–C–C–N with tert-alkyl or cyclic N) is 1. The number of hydrogen-bond donors (Lipinski definition) is 2. The Hall–Kier alpha value is -3.54. The number of ether oxygens (including phenoxy) is 2. The van der Waals surface area contributed by atoms with Crippen molar-refractivity contribution in [3.05, 3.63) is 18.0 Å². The second-order valence-electron chi connectivity index (χ2n) is 17.4. The second kappa shape index (κ2) is 20.1. The maximum atomic E-state index is 12.5. The van der Waals surface area contributed by atoms with E-state index in [2.05, 4.69) is 10.4 Å². The molecule has 4 fully saturated rings. The molecule has 5 aliphatic rings. The molecule has 0 aromatic carbocycles. The average molecular weight is 878 g/mol. The van der Waals surface area contributed by atoms with Crippen LogP contribution in [0, 0.1) is 5.92 Å². The lowest BCUT2D eigenvalue weighted by Crippen LogP contribution is -2.62. The summed E-state index contributed by atoms with van der Waals surface area (Å²) in [5.41, 5.74) is -0.799. The number of piperidine rings is 2. The first-order valence-electron chi connectivity index (χ1n) is 19.6. The van der Waals surface area contributed by atoms with Gasteiger partial charge in [-0.15, -0.1) is 34.8 Å². The molecule has 0 radical (unpaired) electrons. The molecular formula is C38H59Cl3N8O9. The topological polar surface area (TPSA) is 187 Å². The minimum Gasteiger partial charge on any atom is -0.444 e. The summed E-state index contributed by atoms with van der Waals surface area (Å²) in [6.45, 7) is 15.6. The second-order valence-corrected chi connectivity index (χ2v) is 18.2. The van der Waals surface area contributed by atoms with Crippen LogP contribution < -0.4 is 5.32 Å². The number of carbonyl (C=O) groups is 6. The number of nitrogens with one attached hydrogen (secondary N) is 1. The van der Waals surface area contributed by atoms with E-state index < -0.39 is 28.9 Å². The monoisotopic (exact) mass is 876 g/mol. The number of aromatic nitrogens is 2. The zero-order chi connectivity index (χ0) is 43.0. The van der Waals surface area contributed by atoms with E-state index in [0.717, 1.165) is 18.5 Å². The lowest BCUT2D eigenvalue weighted by Gasteiger charge is -2.41. The molecular weight excluding hydrogens is 819 g/mol. The Morgan fingerprint density at radius 3 is 2.02 bits per heavy atom. The van der Waals surface area contributed by atoms with Crippen LogP contribution in [0.1, 0.15) is 72.9 Å². The number of amides is 6. The maximum Gasteiger partial charge on any atom is 0.410 e. The Morgan fingerprint density at radius 1 is 0.810 bits per heavy atom. The van der Waals surface area contributed by atoms with E-state index in [1.165, 1.54) is 0 Å². The number of aliphatic hydroxyl groups excluding tert-OH is 1. The van der Waals surface area contributed by atoms with Gasteiger partial charge in [0.1, 0.15) is 28.8 Å². The van der Waals surface area contributed by atoms with Crippen molar-refractivity contribution in [1.29, 1.82) is 0 Å². The van der Waals surface area contributed by atoms with Crippen LogP contribution >= 0.6 is 34.8 Å². The Bertz CT molecular complexity index is 1640. The summed E-state index contributed by atoms with van der Waals surface area (Å²) in [5.74, 6) is -0.276. The van der Waals surface area contributed by atoms with Crippen molar-refractivity contribution >= 4 is 70.6 Å². The molecule has 2 N–H and O–H groups in total. The molecule has 326 valence electrons. The number of aliphatic hydroxyl groups is 1. The quantitative estimate of drug-likeness (QED) is 0.428. The largest absolute Gasteiger partial charge is 0.444 e. The summed E-state index contributed by atoms with van der Waals surface area (Å²) in [6.07, 6.45) is 3.24. The first-order chi connectivity index (χ1) is 27.1. The fraction of sp³-hybridized carbons (Fsp3) is 0.763. The predicted molar refractivity (Wildman–Crippen MR) is 216 cm³/mol. The molecule has 5 aliphatic heterocycles. The first-order valence-corrected chi connectivity index (χ1v) is 21.2. The standard InChI is InChI=1S/C16H26ClN3O4.C13H21ClN2O3.C9H12ClN3O2/c1-15(2,3)24-14(23)20-8-7-19(13(22)9-17)10-16(11-20)6-4-5-12(21)18-16;1-13(2,3)19-12(18)16-7-9-4-10(16)8-15(6-9)11(17)5-14;10-3-9(15)12-4-7-1-2-11-13(7)6-8(14)5-12/h4-11H2,1-3H3,(H,18,21);9-10H,4-8H2,1-3H3;1-2,8,14H,3-6H2/t;9-,10+;/m.0./s1. The molecule has 4 atom stereocenters. The Labute approximate surface area is 355 Å². The fourth-order valence-electron chi connectivity index (χ4n) is 7.70. The summed E-state index contributed by atoms with van der Waals surface area (Å²) in [6, 6.07) is 1.91. The number of likely N-dealkylation sites (tertiary alicyclic amines) is 2. The smallest absolute Gasteiger partial charge is 0.410 e. The molecule has 17 nitrogen and oxygen atoms in total. The molecule has 6 heterocycles. The van der Waals surface area contributed by atoms with Crippen LogP contribution in [-0.2, 0) is 41.7 Å². The van der Waals surface area contributed by atoms with Gasteiger partial charge in [-0.05, 0) is 72.8 Å². The highest BCUT2D eigenvalue weighted by molar-refractivity contribution is 6.27. The molecule has 1 spiro atoms. The molecule has 1 aromatic rings. The van der Waals surface area contributed by atoms with Gasteiger partial charge >= 0.3 is 12.2 Å². The van der Waals surface area contributed by atoms with Gasteiger partial charge in [0.05, 0.1) is 36.5 Å². The number of alkyl halides is 3. The van der Waals surface area contributed by atoms with Crippen LogP contribution in [0.4, 0.5) is 9.59 Å². The van der Waals surface area contributed by atoms with E-state index in [4.69, 9.17) is 44.3 Å². The van der Waals surface area contributed by atoms with E-state index in [1.807, 2.05) is 47.6 Å². The van der Waals surface area contributed by atoms with Gasteiger partial charge < -0.3 is 44.4 Å². The van der Waals surface area contributed by atoms with Crippen LogP contribution in [0.25, 0.3) is 0 Å². The van der Waals surface area contributed by atoms with Crippen LogP contribution in [0.15, 0.2) is 12.3 Å². The third-order valence-electron chi connectivity index (χ3n) is 10.2. The molecule has 2 bridgehead atoms. The summed E-state index contributed by atoms with van der Waals surface area (Å²) >= 11 is 16.8. The lowest BCUT2D eigenvalue weighted by atomic mass is 9.87. The van der Waals surface area contributed by atoms with Gasteiger partial charge in [0.2, 0.25) is 23.6 Å². The minimum atomic E-state index is -0.634. The van der Waals surface area contributed by atoms with Gasteiger partial charge in [0.25, 0.3) is 0 Å². The molecule has 0 aliphatic carbocycles. The van der Waals surface area contributed by atoms with Crippen molar-refractivity contribution in [3.8, 4) is 0 Å². The third-order valence-corrected chi connectivity index (χ3v) is 10.8. The Balaban J connectivity index is 0.000000198. The number of nitrogens with zero attached hydrogens (tertiary/aromatic N) is 7. The average Bonchev–Trinajstić information content (AvgIpc) is 3.58. The van der Waals surface area contributed by atoms with Crippen LogP contribution in [0.5, 0.6) is 0 Å². The van der Waals surface area contributed by atoms with Crippen molar-refractivity contribution in [2.24, 2.45) is 5.92 Å². The molecule has 1 aromatic heterocycles. The molecule has 20 heteroatoms. The molecule has 6 amide bonds. The SMILES string of the molecule is CC(C)(C)OC(=O)N1CCN(C(=O)CCl)CC2(CCCC(=O)N2)C1.CC(C)(C)OC(=O)N1C[C@H]2C[C@@H]1CN(C(=O)CCl)C2.O=C(CCl)N1Cc2ccnn2CC(O)C1. The highest BCUT2D eigenvalue weighted by atomic mass is 35.5. The molecule has 2 unspecified atom stereocenters. The minimum absolute atomic E-state index is 0.00583. The van der Waals surface area contributed by atoms with Crippen LogP contribution in [0.3, 0.4) is 0 Å². The number of hydrogen-bond acceptors (Lipinski definition) is 10. The molecule has 58 heavy (non-hydrogen) atoms. The van der Waals surface area contributed by atoms with E-state index in [-0.39, 0.29) is 53.4 Å². The number of fused-ring (bicyclic) bond motifs is 3. The molecule has 6 rings (SSSR count). The molecule has 4 saturated heterocycles. The highest BCUT2D eigenvalue weighted by Gasteiger charge is 2.44. The maximum absolute atomic E-state index is 12.5. The zero-order valence-corrected chi connectivity index (χ0v) is 36.7. The Morgan fingerprint density at radius 2 is 1.40 bits per heavy atom. The van der Waals surface area contributed by atoms with Crippen molar-refractivity contribution in [2.45, 2.75) is 109 Å². The highest BCUT2D eigenvalue weighted by Crippen LogP contribution is 2.31. The van der Waals surface area contributed by atoms with Crippen molar-refractivity contribution in [2.75, 3.05) is 70.0 Å². The fourth-order valence-corrected chi connectivity index (χ4v) is 8.21. The number of rotatable bonds is 3. The van der Waals surface area contributed by atoms with Gasteiger partial charge in [0.15, 0.2) is 0 Å². The van der Waals surface area contributed by atoms with Crippen molar-refractivity contribution in [3.63, 3.8) is 0 Å². The van der Waals surface area contributed by atoms with E-state index >= 15 is 0 Å². The summed E-state index contributed by atoms with van der Waals surface area (Å²) < 4.78 is 12.6. The summed E-state index contributed by atoms with van der Waals surface area (Å²) in [4.78, 5) is 80.0. The molecule has 0 saturated carbocycles. The van der Waals surface area contributed by atoms with Crippen LogP contribution in [0.2, 0.25) is 0 Å². The van der Waals surface area contributed by atoms with Crippen LogP contribution in [-0.4, -0.2) is 174 Å². The van der Waals surface area contributed by atoms with Gasteiger partial charge in [-0.3, -0.25) is 23.9 Å². The van der Waals surface area contributed by atoms with Gasteiger partial charge in [-0.25, -0.2) is 9.59 Å². The van der Waals surface area contributed by atoms with Crippen molar-refractivity contribution < 1.29 is 43.3 Å². The van der Waals surface area contributed by atoms with E-state index in [1.54, 1.807) is 35.4 Å². The predicted octanol–water partition coefficient (Wildman–Crippen LogP) is 2.86. The number of carbonyl (C=O) groups excluding carboxylic acids is 6. The number of halogens is 3. The van der Waals surface area contributed by atoms with E-state index in [0.29, 0.717) is 84.2 Å². The first kappa shape index (κ1) is 47.1. The van der Waals surface area contributed by atoms with Gasteiger partial charge in [0, 0.05) is 65.0 Å². The lowest BCUT2D eigenvalue weighted by molar-refractivity contribution is -0.132. The summed E-state index contributed by atoms with van der Waals surface area (Å²) in [7, 11) is 0. The Kier molecular flexibility index (Phi) is 16.4. The van der Waals surface area contributed by atoms with Crippen molar-refractivity contribution in [1.82, 2.24) is 39.6 Å². The summed E-state index contributed by atoms with van der Waals surface area (Å²) in [5, 5.41) is 16.7. The van der Waals surface area contributed by atoms with Gasteiger partial charge in [-0.2, -0.15) is 5.10 Å².